The van der Waals surface area contributed by atoms with Crippen molar-refractivity contribution in [2.24, 2.45) is 0 Å². The number of hydrogen-bond acceptors (Lipinski definition) is 4. The van der Waals surface area contributed by atoms with Gasteiger partial charge in [0.1, 0.15) is 6.10 Å². The second-order valence-corrected chi connectivity index (χ2v) is 3.47. The Labute approximate surface area is 94.5 Å². The van der Waals surface area contributed by atoms with E-state index in [1.54, 1.807) is 12.1 Å². The monoisotopic (exact) mass is 224 g/mol. The maximum atomic E-state index is 11.1. The Morgan fingerprint density at radius 2 is 2.00 bits per heavy atom. The summed E-state index contributed by atoms with van der Waals surface area (Å²) in [5.74, 6) is -0.835. The lowest BCUT2D eigenvalue weighted by Crippen LogP contribution is -2.29. The topological polar surface area (TPSA) is 66.8 Å². The van der Waals surface area contributed by atoms with Crippen LogP contribution in [0.2, 0.25) is 0 Å². The van der Waals surface area contributed by atoms with Crippen molar-refractivity contribution in [2.75, 3.05) is 7.11 Å². The van der Waals surface area contributed by atoms with Gasteiger partial charge in [-0.15, -0.1) is 0 Å². The second-order valence-electron chi connectivity index (χ2n) is 3.47. The molecule has 0 radical (unpaired) electrons. The molecule has 1 aromatic rings. The summed E-state index contributed by atoms with van der Waals surface area (Å²) >= 11 is 0. The van der Waals surface area contributed by atoms with E-state index < -0.39 is 18.2 Å². The van der Waals surface area contributed by atoms with Crippen LogP contribution in [0.5, 0.6) is 0 Å². The summed E-state index contributed by atoms with van der Waals surface area (Å²) in [5.41, 5.74) is 1.46. The highest BCUT2D eigenvalue weighted by Crippen LogP contribution is 2.22. The van der Waals surface area contributed by atoms with Crippen molar-refractivity contribution in [1.29, 1.82) is 0 Å². The van der Waals surface area contributed by atoms with Crippen LogP contribution in [-0.2, 0) is 16.0 Å². The molecule has 1 rings (SSSR count). The van der Waals surface area contributed by atoms with Crippen molar-refractivity contribution < 1.29 is 19.7 Å². The first-order valence-electron chi connectivity index (χ1n) is 5.13. The predicted octanol–water partition coefficient (Wildman–Crippen LogP) is 0.816. The van der Waals surface area contributed by atoms with Crippen LogP contribution in [0, 0.1) is 0 Å². The molecular weight excluding hydrogens is 208 g/mol. The maximum Gasteiger partial charge on any atom is 0.337 e. The number of aryl methyl sites for hydroxylation is 1. The third-order valence-corrected chi connectivity index (χ3v) is 2.50. The van der Waals surface area contributed by atoms with E-state index in [4.69, 9.17) is 0 Å². The fraction of sp³-hybridized carbons (Fsp3) is 0.417. The number of aliphatic hydroxyl groups is 2. The highest BCUT2D eigenvalue weighted by molar-refractivity contribution is 5.75. The van der Waals surface area contributed by atoms with Gasteiger partial charge in [-0.2, -0.15) is 0 Å². The van der Waals surface area contributed by atoms with Crippen LogP contribution in [0.3, 0.4) is 0 Å². The molecule has 88 valence electrons. The molecule has 4 heteroatoms. The van der Waals surface area contributed by atoms with E-state index in [1.807, 2.05) is 19.1 Å². The number of hydrogen-bond donors (Lipinski definition) is 2. The van der Waals surface area contributed by atoms with E-state index in [1.165, 1.54) is 7.11 Å². The minimum Gasteiger partial charge on any atom is -0.467 e. The average molecular weight is 224 g/mol. The lowest BCUT2D eigenvalue weighted by molar-refractivity contribution is -0.156. The summed E-state index contributed by atoms with van der Waals surface area (Å²) in [7, 11) is 1.17. The van der Waals surface area contributed by atoms with Crippen molar-refractivity contribution in [3.63, 3.8) is 0 Å². The molecule has 0 saturated carbocycles. The van der Waals surface area contributed by atoms with Gasteiger partial charge in [-0.1, -0.05) is 31.2 Å². The van der Waals surface area contributed by atoms with E-state index in [2.05, 4.69) is 4.74 Å². The Morgan fingerprint density at radius 1 is 1.38 bits per heavy atom. The summed E-state index contributed by atoms with van der Waals surface area (Å²) in [6.07, 6.45) is -2.07. The van der Waals surface area contributed by atoms with Crippen LogP contribution in [0.4, 0.5) is 0 Å². The van der Waals surface area contributed by atoms with Gasteiger partial charge in [-0.3, -0.25) is 0 Å². The lowest BCUT2D eigenvalue weighted by Gasteiger charge is -2.18. The second kappa shape index (κ2) is 5.63. The van der Waals surface area contributed by atoms with E-state index in [-0.39, 0.29) is 0 Å². The molecular formula is C12H16O4. The number of aliphatic hydroxyl groups excluding tert-OH is 2. The molecule has 0 saturated heterocycles. The molecule has 0 heterocycles. The number of methoxy groups -OCH3 is 1. The first-order chi connectivity index (χ1) is 7.61. The first-order valence-corrected chi connectivity index (χ1v) is 5.13. The number of benzene rings is 1. The van der Waals surface area contributed by atoms with Crippen LogP contribution in [0.15, 0.2) is 24.3 Å². The largest absolute Gasteiger partial charge is 0.467 e. The number of carbonyl (C=O) groups excluding carboxylic acids is 1. The molecule has 2 unspecified atom stereocenters. The molecule has 0 fully saturated rings. The molecule has 1 aromatic carbocycles. The fourth-order valence-electron chi connectivity index (χ4n) is 1.56. The van der Waals surface area contributed by atoms with Gasteiger partial charge < -0.3 is 14.9 Å². The first kappa shape index (κ1) is 12.7. The van der Waals surface area contributed by atoms with Crippen LogP contribution < -0.4 is 0 Å². The zero-order valence-electron chi connectivity index (χ0n) is 9.38. The molecule has 0 bridgehead atoms. The third-order valence-electron chi connectivity index (χ3n) is 2.50. The molecule has 0 aliphatic rings. The number of rotatable bonds is 4. The Kier molecular flexibility index (Phi) is 4.46. The van der Waals surface area contributed by atoms with Crippen molar-refractivity contribution in [3.8, 4) is 0 Å². The summed E-state index contributed by atoms with van der Waals surface area (Å²) in [6, 6.07) is 7.14. The van der Waals surface area contributed by atoms with Gasteiger partial charge in [0.05, 0.1) is 7.11 Å². The van der Waals surface area contributed by atoms with Crippen LogP contribution in [-0.4, -0.2) is 29.4 Å². The van der Waals surface area contributed by atoms with Crippen molar-refractivity contribution in [2.45, 2.75) is 25.6 Å². The van der Waals surface area contributed by atoms with Gasteiger partial charge in [0.15, 0.2) is 6.10 Å². The van der Waals surface area contributed by atoms with Crippen LogP contribution >= 0.6 is 0 Å². The zero-order chi connectivity index (χ0) is 12.1. The summed E-state index contributed by atoms with van der Waals surface area (Å²) < 4.78 is 4.38. The van der Waals surface area contributed by atoms with E-state index >= 15 is 0 Å². The Morgan fingerprint density at radius 3 is 2.56 bits per heavy atom. The Hall–Kier alpha value is -1.39. The molecule has 2 atom stereocenters. The van der Waals surface area contributed by atoms with Gasteiger partial charge in [0.2, 0.25) is 0 Å². The SMILES string of the molecule is CCc1ccccc1C(O)C(O)C(=O)OC. The Balaban J connectivity index is 2.95. The summed E-state index contributed by atoms with van der Waals surface area (Å²) in [5, 5.41) is 19.4. The molecule has 0 amide bonds. The minimum absolute atomic E-state index is 0.558. The molecule has 0 spiro atoms. The summed E-state index contributed by atoms with van der Waals surface area (Å²) in [4.78, 5) is 11.1. The molecule has 0 aliphatic carbocycles. The van der Waals surface area contributed by atoms with E-state index in [0.29, 0.717) is 5.56 Å². The van der Waals surface area contributed by atoms with Crippen LogP contribution in [0.1, 0.15) is 24.2 Å². The van der Waals surface area contributed by atoms with Crippen molar-refractivity contribution >= 4 is 5.97 Å². The van der Waals surface area contributed by atoms with Gasteiger partial charge in [0, 0.05) is 0 Å². The zero-order valence-corrected chi connectivity index (χ0v) is 9.38. The highest BCUT2D eigenvalue weighted by Gasteiger charge is 2.27. The molecule has 0 aliphatic heterocycles. The van der Waals surface area contributed by atoms with Crippen LogP contribution in [0.25, 0.3) is 0 Å². The number of ether oxygens (including phenoxy) is 1. The normalized spacial score (nSPS) is 14.2. The van der Waals surface area contributed by atoms with Crippen molar-refractivity contribution in [3.05, 3.63) is 35.4 Å². The number of carbonyl (C=O) groups is 1. The Bertz CT molecular complexity index is 362. The highest BCUT2D eigenvalue weighted by atomic mass is 16.5. The maximum absolute atomic E-state index is 11.1. The van der Waals surface area contributed by atoms with Gasteiger partial charge in [0.25, 0.3) is 0 Å². The van der Waals surface area contributed by atoms with E-state index in [9.17, 15) is 15.0 Å². The van der Waals surface area contributed by atoms with Gasteiger partial charge >= 0.3 is 5.97 Å². The van der Waals surface area contributed by atoms with Gasteiger partial charge in [-0.25, -0.2) is 4.79 Å². The summed E-state index contributed by atoms with van der Waals surface area (Å²) in [6.45, 7) is 1.94. The molecule has 2 N–H and O–H groups in total. The smallest absolute Gasteiger partial charge is 0.337 e. The molecule has 0 aromatic heterocycles. The predicted molar refractivity (Wildman–Crippen MR) is 58.8 cm³/mol. The lowest BCUT2D eigenvalue weighted by atomic mass is 9.97. The standard InChI is InChI=1S/C12H16O4/c1-3-8-6-4-5-7-9(8)10(13)11(14)12(15)16-2/h4-7,10-11,13-14H,3H2,1-2H3. The molecule has 4 nitrogen and oxygen atoms in total. The minimum atomic E-state index is -1.54. The van der Waals surface area contributed by atoms with Crippen molar-refractivity contribution in [1.82, 2.24) is 0 Å². The third kappa shape index (κ3) is 2.59. The quantitative estimate of drug-likeness (QED) is 0.743. The average Bonchev–Trinajstić information content (AvgIpc) is 2.35. The fourth-order valence-corrected chi connectivity index (χ4v) is 1.56. The molecule has 16 heavy (non-hydrogen) atoms. The number of esters is 1. The van der Waals surface area contributed by atoms with Gasteiger partial charge in [-0.05, 0) is 17.5 Å². The van der Waals surface area contributed by atoms with E-state index in [0.717, 1.165) is 12.0 Å².